The maximum atomic E-state index is 13.9. The van der Waals surface area contributed by atoms with Gasteiger partial charge in [-0.05, 0) is 28.1 Å². The van der Waals surface area contributed by atoms with Crippen LogP contribution in [0.2, 0.25) is 0 Å². The average Bonchev–Trinajstić information content (AvgIpc) is 2.83. The Hall–Kier alpha value is -1.47. The van der Waals surface area contributed by atoms with Gasteiger partial charge >= 0.3 is 5.97 Å². The fraction of sp³-hybridized carbons (Fsp3) is 0.0909. The number of aromatic carboxylic acids is 1. The van der Waals surface area contributed by atoms with E-state index in [1.165, 1.54) is 23.5 Å². The van der Waals surface area contributed by atoms with Crippen molar-refractivity contribution in [2.75, 3.05) is 5.32 Å². The van der Waals surface area contributed by atoms with Gasteiger partial charge in [-0.25, -0.2) is 14.2 Å². The summed E-state index contributed by atoms with van der Waals surface area (Å²) >= 11 is 4.40. The molecule has 1 aromatic heterocycles. The van der Waals surface area contributed by atoms with Crippen LogP contribution in [0.4, 0.5) is 10.1 Å². The third kappa shape index (κ3) is 2.68. The SMILES string of the molecule is O=C(O)c1ccc(NCc2nccs2)c(F)c1Br. The summed E-state index contributed by atoms with van der Waals surface area (Å²) in [6.45, 7) is 0.396. The number of rotatable bonds is 4. The quantitative estimate of drug-likeness (QED) is 0.902. The van der Waals surface area contributed by atoms with Crippen LogP contribution < -0.4 is 5.32 Å². The second-order valence-corrected chi connectivity index (χ2v) is 5.15. The summed E-state index contributed by atoms with van der Waals surface area (Å²) in [6.07, 6.45) is 1.67. The van der Waals surface area contributed by atoms with E-state index in [0.717, 1.165) is 5.01 Å². The summed E-state index contributed by atoms with van der Waals surface area (Å²) in [4.78, 5) is 14.9. The Balaban J connectivity index is 2.19. The molecule has 94 valence electrons. The number of carboxylic acid groups (broad SMARTS) is 1. The molecule has 2 rings (SSSR count). The first kappa shape index (κ1) is 13.0. The van der Waals surface area contributed by atoms with E-state index in [1.54, 1.807) is 6.20 Å². The van der Waals surface area contributed by atoms with E-state index in [1.807, 2.05) is 5.38 Å². The van der Waals surface area contributed by atoms with Gasteiger partial charge in [0.25, 0.3) is 0 Å². The van der Waals surface area contributed by atoms with Crippen LogP contribution in [0.5, 0.6) is 0 Å². The summed E-state index contributed by atoms with van der Waals surface area (Å²) in [5, 5.41) is 14.4. The summed E-state index contributed by atoms with van der Waals surface area (Å²) in [5.74, 6) is -1.79. The predicted octanol–water partition coefficient (Wildman–Crippen LogP) is 3.36. The van der Waals surface area contributed by atoms with Crippen LogP contribution in [0, 0.1) is 5.82 Å². The number of hydrogen-bond acceptors (Lipinski definition) is 4. The second kappa shape index (κ2) is 5.45. The first-order chi connectivity index (χ1) is 8.59. The first-order valence-corrected chi connectivity index (χ1v) is 6.60. The maximum Gasteiger partial charge on any atom is 0.336 e. The van der Waals surface area contributed by atoms with E-state index in [2.05, 4.69) is 26.2 Å². The number of halogens is 2. The number of carboxylic acids is 1. The van der Waals surface area contributed by atoms with Crippen molar-refractivity contribution in [3.8, 4) is 0 Å². The minimum atomic E-state index is -1.17. The van der Waals surface area contributed by atoms with Crippen LogP contribution in [0.1, 0.15) is 15.4 Å². The van der Waals surface area contributed by atoms with Crippen molar-refractivity contribution in [2.45, 2.75) is 6.54 Å². The molecule has 0 saturated heterocycles. The Labute approximate surface area is 115 Å². The predicted molar refractivity (Wildman–Crippen MR) is 70.5 cm³/mol. The summed E-state index contributed by atoms with van der Waals surface area (Å²) in [5.41, 5.74) is 0.134. The fourth-order valence-corrected chi connectivity index (χ4v) is 2.43. The molecule has 0 spiro atoms. The molecule has 1 aromatic carbocycles. The molecule has 1 heterocycles. The normalized spacial score (nSPS) is 10.3. The smallest absolute Gasteiger partial charge is 0.336 e. The largest absolute Gasteiger partial charge is 0.478 e. The third-order valence-electron chi connectivity index (χ3n) is 2.23. The van der Waals surface area contributed by atoms with Gasteiger partial charge in [0.2, 0.25) is 0 Å². The molecular formula is C11H8BrFN2O2S. The van der Waals surface area contributed by atoms with Gasteiger partial charge in [-0.2, -0.15) is 0 Å². The number of nitrogens with one attached hydrogen (secondary N) is 1. The zero-order valence-corrected chi connectivity index (χ0v) is 11.4. The molecule has 0 aliphatic heterocycles. The lowest BCUT2D eigenvalue weighted by molar-refractivity contribution is 0.0695. The zero-order chi connectivity index (χ0) is 13.1. The Morgan fingerprint density at radius 3 is 2.94 bits per heavy atom. The van der Waals surface area contributed by atoms with Crippen molar-refractivity contribution in [2.24, 2.45) is 0 Å². The van der Waals surface area contributed by atoms with Crippen molar-refractivity contribution >= 4 is 38.9 Å². The van der Waals surface area contributed by atoms with Crippen LogP contribution in [-0.4, -0.2) is 16.1 Å². The van der Waals surface area contributed by atoms with E-state index in [9.17, 15) is 9.18 Å². The van der Waals surface area contributed by atoms with E-state index < -0.39 is 11.8 Å². The molecular weight excluding hydrogens is 323 g/mol. The number of nitrogens with zero attached hydrogens (tertiary/aromatic N) is 1. The zero-order valence-electron chi connectivity index (χ0n) is 8.98. The van der Waals surface area contributed by atoms with Crippen LogP contribution >= 0.6 is 27.3 Å². The van der Waals surface area contributed by atoms with Gasteiger partial charge in [0, 0.05) is 11.6 Å². The molecule has 0 radical (unpaired) electrons. The van der Waals surface area contributed by atoms with Gasteiger partial charge in [-0.3, -0.25) is 0 Å². The second-order valence-electron chi connectivity index (χ2n) is 3.37. The molecule has 2 aromatic rings. The van der Waals surface area contributed by atoms with Gasteiger partial charge in [-0.15, -0.1) is 11.3 Å². The fourth-order valence-electron chi connectivity index (χ4n) is 1.36. The highest BCUT2D eigenvalue weighted by Gasteiger charge is 2.15. The molecule has 0 aliphatic rings. The van der Waals surface area contributed by atoms with Crippen LogP contribution in [0.3, 0.4) is 0 Å². The molecule has 0 aliphatic carbocycles. The highest BCUT2D eigenvalue weighted by Crippen LogP contribution is 2.27. The van der Waals surface area contributed by atoms with Crippen molar-refractivity contribution < 1.29 is 14.3 Å². The van der Waals surface area contributed by atoms with Gasteiger partial charge in [-0.1, -0.05) is 0 Å². The van der Waals surface area contributed by atoms with Gasteiger partial charge < -0.3 is 10.4 Å². The molecule has 0 fully saturated rings. The number of aromatic nitrogens is 1. The minimum Gasteiger partial charge on any atom is -0.478 e. The topological polar surface area (TPSA) is 62.2 Å². The molecule has 0 atom stereocenters. The van der Waals surface area contributed by atoms with Gasteiger partial charge in [0.15, 0.2) is 5.82 Å². The number of benzene rings is 1. The molecule has 0 saturated carbocycles. The van der Waals surface area contributed by atoms with E-state index in [4.69, 9.17) is 5.11 Å². The van der Waals surface area contributed by atoms with E-state index in [-0.39, 0.29) is 15.7 Å². The van der Waals surface area contributed by atoms with Crippen molar-refractivity contribution in [1.82, 2.24) is 4.98 Å². The lowest BCUT2D eigenvalue weighted by Crippen LogP contribution is -2.05. The van der Waals surface area contributed by atoms with Crippen LogP contribution in [-0.2, 0) is 6.54 Å². The van der Waals surface area contributed by atoms with Gasteiger partial charge in [0.05, 0.1) is 22.3 Å². The maximum absolute atomic E-state index is 13.9. The monoisotopic (exact) mass is 330 g/mol. The summed E-state index contributed by atoms with van der Waals surface area (Å²) in [6, 6.07) is 2.75. The highest BCUT2D eigenvalue weighted by molar-refractivity contribution is 9.10. The molecule has 7 heteroatoms. The highest BCUT2D eigenvalue weighted by atomic mass is 79.9. The standard InChI is InChI=1S/C11H8BrFN2O2S/c12-9-6(11(16)17)1-2-7(10(9)13)15-5-8-14-3-4-18-8/h1-4,15H,5H2,(H,16,17). The Bertz CT molecular complexity index is 575. The first-order valence-electron chi connectivity index (χ1n) is 4.93. The van der Waals surface area contributed by atoms with E-state index in [0.29, 0.717) is 6.54 Å². The number of thiazole rings is 1. The Kier molecular flexibility index (Phi) is 3.93. The van der Waals surface area contributed by atoms with Crippen molar-refractivity contribution in [1.29, 1.82) is 0 Å². The summed E-state index contributed by atoms with van der Waals surface area (Å²) in [7, 11) is 0. The lowest BCUT2D eigenvalue weighted by atomic mass is 10.2. The average molecular weight is 331 g/mol. The Morgan fingerprint density at radius 2 is 2.33 bits per heavy atom. The molecule has 0 unspecified atom stereocenters. The molecule has 0 bridgehead atoms. The third-order valence-corrected chi connectivity index (χ3v) is 3.78. The Morgan fingerprint density at radius 1 is 1.56 bits per heavy atom. The molecule has 2 N–H and O–H groups in total. The van der Waals surface area contributed by atoms with Gasteiger partial charge in [0.1, 0.15) is 5.01 Å². The molecule has 18 heavy (non-hydrogen) atoms. The minimum absolute atomic E-state index is 0.0564. The molecule has 0 amide bonds. The number of anilines is 1. The van der Waals surface area contributed by atoms with Crippen LogP contribution in [0.25, 0.3) is 0 Å². The number of carbonyl (C=O) groups is 1. The van der Waals surface area contributed by atoms with Crippen molar-refractivity contribution in [3.05, 3.63) is 44.6 Å². The van der Waals surface area contributed by atoms with Crippen LogP contribution in [0.15, 0.2) is 28.2 Å². The molecule has 4 nitrogen and oxygen atoms in total. The number of hydrogen-bond donors (Lipinski definition) is 2. The summed E-state index contributed by atoms with van der Waals surface area (Å²) < 4.78 is 13.8. The van der Waals surface area contributed by atoms with E-state index >= 15 is 0 Å². The van der Waals surface area contributed by atoms with Crippen molar-refractivity contribution in [3.63, 3.8) is 0 Å². The lowest BCUT2D eigenvalue weighted by Gasteiger charge is -2.08.